The van der Waals surface area contributed by atoms with Crippen molar-refractivity contribution in [2.24, 2.45) is 0 Å². The molecule has 1 amide bonds. The van der Waals surface area contributed by atoms with E-state index >= 15 is 0 Å². The number of hydrogen-bond acceptors (Lipinski definition) is 6. The number of fused-ring (bicyclic) bond motifs is 1. The molecule has 0 saturated heterocycles. The van der Waals surface area contributed by atoms with Crippen LogP contribution in [0.5, 0.6) is 0 Å². The standard InChI is InChI=1S/C17H15F3N6O3/c18-17(19,20)11-4-5-12(13(9-11)26(28)29)21-7-6-16(27)22-10-15-24-23-14-3-1-2-8-25(14)15/h1-5,8-9,21H,6-7,10H2,(H,22,27). The molecule has 2 aromatic heterocycles. The van der Waals surface area contributed by atoms with E-state index in [0.717, 1.165) is 12.1 Å². The molecule has 3 rings (SSSR count). The highest BCUT2D eigenvalue weighted by Gasteiger charge is 2.33. The highest BCUT2D eigenvalue weighted by atomic mass is 19.4. The minimum atomic E-state index is -4.69. The summed E-state index contributed by atoms with van der Waals surface area (Å²) in [6.45, 7) is 0.128. The summed E-state index contributed by atoms with van der Waals surface area (Å²) in [5, 5.41) is 24.2. The smallest absolute Gasteiger partial charge is 0.379 e. The maximum absolute atomic E-state index is 12.7. The molecule has 0 aliphatic heterocycles. The van der Waals surface area contributed by atoms with Gasteiger partial charge in [0.2, 0.25) is 5.91 Å². The Balaban J connectivity index is 1.55. The van der Waals surface area contributed by atoms with Crippen LogP contribution in [0.2, 0.25) is 0 Å². The molecule has 0 aliphatic carbocycles. The monoisotopic (exact) mass is 408 g/mol. The third-order valence-electron chi connectivity index (χ3n) is 4.02. The molecule has 9 nitrogen and oxygen atoms in total. The van der Waals surface area contributed by atoms with Gasteiger partial charge >= 0.3 is 6.18 Å². The normalized spacial score (nSPS) is 11.4. The van der Waals surface area contributed by atoms with Crippen LogP contribution >= 0.6 is 0 Å². The number of pyridine rings is 1. The summed E-state index contributed by atoms with van der Waals surface area (Å²) in [5.74, 6) is 0.167. The summed E-state index contributed by atoms with van der Waals surface area (Å²) < 4.78 is 39.8. The van der Waals surface area contributed by atoms with Gasteiger partial charge in [0.1, 0.15) is 5.69 Å². The fourth-order valence-electron chi connectivity index (χ4n) is 2.60. The van der Waals surface area contributed by atoms with Crippen LogP contribution in [0.4, 0.5) is 24.5 Å². The SMILES string of the molecule is O=C(CCNc1ccc(C(F)(F)F)cc1[N+](=O)[O-])NCc1nnc2ccccn12. The summed E-state index contributed by atoms with van der Waals surface area (Å²) in [5.41, 5.74) is -1.30. The lowest BCUT2D eigenvalue weighted by molar-refractivity contribution is -0.384. The van der Waals surface area contributed by atoms with E-state index in [0.29, 0.717) is 17.5 Å². The van der Waals surface area contributed by atoms with Gasteiger partial charge in [-0.2, -0.15) is 13.2 Å². The Morgan fingerprint density at radius 2 is 2.00 bits per heavy atom. The molecule has 3 aromatic rings. The zero-order valence-corrected chi connectivity index (χ0v) is 14.8. The summed E-state index contributed by atoms with van der Waals surface area (Å²) in [6, 6.07) is 7.53. The molecule has 0 spiro atoms. The van der Waals surface area contributed by atoms with Crippen LogP contribution in [0.25, 0.3) is 5.65 Å². The number of nitrogens with one attached hydrogen (secondary N) is 2. The molecule has 0 fully saturated rings. The first-order valence-electron chi connectivity index (χ1n) is 8.40. The van der Waals surface area contributed by atoms with Gasteiger partial charge in [-0.1, -0.05) is 6.07 Å². The number of nitro benzene ring substituents is 1. The fraction of sp³-hybridized carbons (Fsp3) is 0.235. The highest BCUT2D eigenvalue weighted by Crippen LogP contribution is 2.34. The van der Waals surface area contributed by atoms with Crippen molar-refractivity contribution in [3.05, 3.63) is 64.1 Å². The molecule has 0 radical (unpaired) electrons. The first kappa shape index (κ1) is 20.0. The first-order valence-corrected chi connectivity index (χ1v) is 8.40. The van der Waals surface area contributed by atoms with Gasteiger partial charge in [-0.15, -0.1) is 10.2 Å². The van der Waals surface area contributed by atoms with Gasteiger partial charge in [-0.05, 0) is 24.3 Å². The number of rotatable bonds is 7. The van der Waals surface area contributed by atoms with Crippen LogP contribution in [0.3, 0.4) is 0 Å². The van der Waals surface area contributed by atoms with Gasteiger partial charge in [-0.3, -0.25) is 19.3 Å². The predicted molar refractivity (Wildman–Crippen MR) is 96.0 cm³/mol. The number of aromatic nitrogens is 3. The largest absolute Gasteiger partial charge is 0.416 e. The van der Waals surface area contributed by atoms with E-state index in [2.05, 4.69) is 20.8 Å². The third-order valence-corrected chi connectivity index (χ3v) is 4.02. The number of benzene rings is 1. The lowest BCUT2D eigenvalue weighted by Gasteiger charge is -2.10. The summed E-state index contributed by atoms with van der Waals surface area (Å²) >= 11 is 0. The van der Waals surface area contributed by atoms with Crippen molar-refractivity contribution in [1.29, 1.82) is 0 Å². The van der Waals surface area contributed by atoms with Crippen molar-refractivity contribution in [1.82, 2.24) is 19.9 Å². The van der Waals surface area contributed by atoms with E-state index in [4.69, 9.17) is 0 Å². The molecule has 2 heterocycles. The Morgan fingerprint density at radius 1 is 1.21 bits per heavy atom. The summed E-state index contributed by atoms with van der Waals surface area (Å²) in [7, 11) is 0. The van der Waals surface area contributed by atoms with Crippen molar-refractivity contribution in [3.63, 3.8) is 0 Å². The molecular formula is C17H15F3N6O3. The molecule has 1 aromatic carbocycles. The van der Waals surface area contributed by atoms with Crippen molar-refractivity contribution in [3.8, 4) is 0 Å². The number of carbonyl (C=O) groups excluding carboxylic acids is 1. The Morgan fingerprint density at radius 3 is 2.72 bits per heavy atom. The maximum Gasteiger partial charge on any atom is 0.416 e. The topological polar surface area (TPSA) is 114 Å². The molecule has 152 valence electrons. The number of hydrogen-bond donors (Lipinski definition) is 2. The van der Waals surface area contributed by atoms with Crippen LogP contribution < -0.4 is 10.6 Å². The van der Waals surface area contributed by atoms with Gasteiger partial charge in [0.25, 0.3) is 5.69 Å². The van der Waals surface area contributed by atoms with Gasteiger partial charge < -0.3 is 10.6 Å². The van der Waals surface area contributed by atoms with Crippen LogP contribution in [-0.2, 0) is 17.5 Å². The summed E-state index contributed by atoms with van der Waals surface area (Å²) in [6.07, 6.45) is -2.98. The Kier molecular flexibility index (Phi) is 5.61. The molecule has 0 aliphatic rings. The highest BCUT2D eigenvalue weighted by molar-refractivity contribution is 5.76. The Hall–Kier alpha value is -3.70. The second-order valence-corrected chi connectivity index (χ2v) is 5.99. The number of carbonyl (C=O) groups is 1. The second kappa shape index (κ2) is 8.12. The van der Waals surface area contributed by atoms with Gasteiger partial charge in [0, 0.05) is 25.2 Å². The van der Waals surface area contributed by atoms with E-state index in [1.807, 2.05) is 0 Å². The molecule has 29 heavy (non-hydrogen) atoms. The number of nitro groups is 1. The molecule has 2 N–H and O–H groups in total. The minimum absolute atomic E-state index is 0.00137. The van der Waals surface area contributed by atoms with E-state index in [1.54, 1.807) is 28.8 Å². The van der Waals surface area contributed by atoms with E-state index in [9.17, 15) is 28.1 Å². The molecule has 12 heteroatoms. The average Bonchev–Trinajstić information content (AvgIpc) is 3.09. The van der Waals surface area contributed by atoms with Crippen molar-refractivity contribution in [2.75, 3.05) is 11.9 Å². The maximum atomic E-state index is 12.7. The molecule has 0 atom stereocenters. The number of halogens is 3. The van der Waals surface area contributed by atoms with Crippen LogP contribution in [-0.4, -0.2) is 32.0 Å². The van der Waals surface area contributed by atoms with Crippen molar-refractivity contribution >= 4 is 22.9 Å². The lowest BCUT2D eigenvalue weighted by atomic mass is 10.1. The molecule has 0 unspecified atom stereocenters. The second-order valence-electron chi connectivity index (χ2n) is 5.99. The van der Waals surface area contributed by atoms with E-state index < -0.39 is 22.4 Å². The van der Waals surface area contributed by atoms with Gasteiger partial charge in [0.15, 0.2) is 11.5 Å². The first-order chi connectivity index (χ1) is 13.8. The van der Waals surface area contributed by atoms with Gasteiger partial charge in [-0.25, -0.2) is 0 Å². The molecule has 0 saturated carbocycles. The molecular weight excluding hydrogens is 393 g/mol. The van der Waals surface area contributed by atoms with Crippen LogP contribution in [0.1, 0.15) is 17.8 Å². The van der Waals surface area contributed by atoms with Crippen LogP contribution in [0.15, 0.2) is 42.6 Å². The zero-order valence-electron chi connectivity index (χ0n) is 14.8. The third kappa shape index (κ3) is 4.78. The summed E-state index contributed by atoms with van der Waals surface area (Å²) in [4.78, 5) is 22.1. The van der Waals surface area contributed by atoms with Gasteiger partial charge in [0.05, 0.1) is 17.0 Å². The van der Waals surface area contributed by atoms with E-state index in [-0.39, 0.29) is 31.1 Å². The van der Waals surface area contributed by atoms with Crippen molar-refractivity contribution < 1.29 is 22.9 Å². The molecule has 0 bridgehead atoms. The number of nitrogens with zero attached hydrogens (tertiary/aromatic N) is 4. The average molecular weight is 408 g/mol. The number of alkyl halides is 3. The van der Waals surface area contributed by atoms with Crippen LogP contribution in [0, 0.1) is 10.1 Å². The Labute approximate surface area is 161 Å². The number of anilines is 1. The number of amides is 1. The van der Waals surface area contributed by atoms with Crippen molar-refractivity contribution in [2.45, 2.75) is 19.1 Å². The zero-order chi connectivity index (χ0) is 21.0. The lowest BCUT2D eigenvalue weighted by Crippen LogP contribution is -2.26. The Bertz CT molecular complexity index is 1050. The minimum Gasteiger partial charge on any atom is -0.379 e. The van der Waals surface area contributed by atoms with E-state index in [1.165, 1.54) is 0 Å². The fourth-order valence-corrected chi connectivity index (χ4v) is 2.60. The predicted octanol–water partition coefficient (Wildman–Crippen LogP) is 2.77. The quantitative estimate of drug-likeness (QED) is 0.459.